The third-order valence-corrected chi connectivity index (χ3v) is 6.11. The van der Waals surface area contributed by atoms with Crippen molar-refractivity contribution < 1.29 is 0 Å². The molecule has 0 unspecified atom stereocenters. The highest BCUT2D eigenvalue weighted by Gasteiger charge is 2.46. The molecule has 1 nitrogen and oxygen atoms in total. The van der Waals surface area contributed by atoms with E-state index in [-0.39, 0.29) is 4.75 Å². The summed E-state index contributed by atoms with van der Waals surface area (Å²) < 4.78 is 0.799. The highest BCUT2D eigenvalue weighted by atomic mass is 79.9. The molecule has 0 spiro atoms. The smallest absolute Gasteiger partial charge is 0.108 e. The maximum absolute atomic E-state index is 9.57. The van der Waals surface area contributed by atoms with Crippen LogP contribution in [0.4, 0.5) is 0 Å². The fraction of sp³-hybridized carbons (Fsp3) is 0.235. The van der Waals surface area contributed by atoms with Crippen molar-refractivity contribution in [2.45, 2.75) is 28.4 Å². The molecule has 20 heavy (non-hydrogen) atoms. The molecular formula is C17H14BrNS. The molecule has 0 bridgehead atoms. The van der Waals surface area contributed by atoms with E-state index in [4.69, 9.17) is 0 Å². The summed E-state index contributed by atoms with van der Waals surface area (Å²) in [6.45, 7) is 0. The summed E-state index contributed by atoms with van der Waals surface area (Å²) in [7, 11) is 0. The number of rotatable bonds is 3. The van der Waals surface area contributed by atoms with Gasteiger partial charge in [-0.15, -0.1) is 11.8 Å². The quantitative estimate of drug-likeness (QED) is 0.746. The predicted molar refractivity (Wildman–Crippen MR) is 86.8 cm³/mol. The summed E-state index contributed by atoms with van der Waals surface area (Å²) in [5.74, 6) is 0.519. The van der Waals surface area contributed by atoms with E-state index in [1.807, 2.05) is 24.3 Å². The van der Waals surface area contributed by atoms with Gasteiger partial charge in [-0.1, -0.05) is 42.5 Å². The van der Waals surface area contributed by atoms with E-state index >= 15 is 0 Å². The summed E-state index contributed by atoms with van der Waals surface area (Å²) in [5.41, 5.74) is 1.35. The van der Waals surface area contributed by atoms with Crippen LogP contribution in [0.3, 0.4) is 0 Å². The van der Waals surface area contributed by atoms with Crippen LogP contribution in [0.25, 0.3) is 0 Å². The van der Waals surface area contributed by atoms with Crippen LogP contribution < -0.4 is 0 Å². The van der Waals surface area contributed by atoms with Gasteiger partial charge in [-0.2, -0.15) is 5.26 Å². The Morgan fingerprint density at radius 1 is 1.05 bits per heavy atom. The molecule has 0 N–H and O–H groups in total. The Hall–Kier alpha value is -1.24. The zero-order valence-electron chi connectivity index (χ0n) is 10.9. The molecule has 1 saturated carbocycles. The van der Waals surface area contributed by atoms with Crippen LogP contribution in [-0.4, -0.2) is 4.75 Å². The molecule has 0 atom stereocenters. The van der Waals surface area contributed by atoms with Gasteiger partial charge >= 0.3 is 0 Å². The Balaban J connectivity index is 1.74. The summed E-state index contributed by atoms with van der Waals surface area (Å²) in [6, 6.07) is 21.2. The Morgan fingerprint density at radius 2 is 1.70 bits per heavy atom. The molecule has 0 aliphatic heterocycles. The van der Waals surface area contributed by atoms with Crippen molar-refractivity contribution in [2.75, 3.05) is 0 Å². The largest absolute Gasteiger partial charge is 0.197 e. The molecule has 2 aromatic rings. The first-order valence-electron chi connectivity index (χ1n) is 6.62. The van der Waals surface area contributed by atoms with Gasteiger partial charge in [-0.3, -0.25) is 0 Å². The van der Waals surface area contributed by atoms with Gasteiger partial charge in [-0.25, -0.2) is 0 Å². The predicted octanol–water partition coefficient (Wildman–Crippen LogP) is 5.38. The Morgan fingerprint density at radius 3 is 2.35 bits per heavy atom. The molecule has 0 amide bonds. The lowest BCUT2D eigenvalue weighted by Gasteiger charge is -2.42. The van der Waals surface area contributed by atoms with E-state index in [9.17, 15) is 5.26 Å². The molecule has 1 aliphatic rings. The summed E-state index contributed by atoms with van der Waals surface area (Å²) in [6.07, 6.45) is 1.86. The van der Waals surface area contributed by atoms with Gasteiger partial charge in [0.1, 0.15) is 4.75 Å². The van der Waals surface area contributed by atoms with Gasteiger partial charge in [-0.05, 0) is 52.4 Å². The topological polar surface area (TPSA) is 23.8 Å². The Kier molecular flexibility index (Phi) is 3.87. The van der Waals surface area contributed by atoms with Gasteiger partial charge in [0.15, 0.2) is 0 Å². The average Bonchev–Trinajstić information content (AvgIpc) is 2.45. The molecule has 0 radical (unpaired) electrons. The number of hydrogen-bond donors (Lipinski definition) is 0. The van der Waals surface area contributed by atoms with Gasteiger partial charge in [0.25, 0.3) is 0 Å². The van der Waals surface area contributed by atoms with Crippen LogP contribution in [0.1, 0.15) is 24.3 Å². The van der Waals surface area contributed by atoms with E-state index in [0.717, 1.165) is 22.2 Å². The maximum atomic E-state index is 9.57. The fourth-order valence-corrected chi connectivity index (χ4v) is 4.51. The number of halogens is 1. The molecule has 100 valence electrons. The molecule has 3 heteroatoms. The van der Waals surface area contributed by atoms with E-state index in [1.54, 1.807) is 11.8 Å². The maximum Gasteiger partial charge on any atom is 0.108 e. The van der Waals surface area contributed by atoms with Crippen LogP contribution >= 0.6 is 27.7 Å². The first-order valence-corrected chi connectivity index (χ1v) is 8.23. The molecule has 3 rings (SSSR count). The second-order valence-electron chi connectivity index (χ2n) is 5.15. The third-order valence-electron chi connectivity index (χ3n) is 3.77. The van der Waals surface area contributed by atoms with E-state index in [1.165, 1.54) is 5.56 Å². The lowest BCUT2D eigenvalue weighted by molar-refractivity contribution is 0.368. The highest BCUT2D eigenvalue weighted by Crippen LogP contribution is 2.55. The molecule has 2 aromatic carbocycles. The fourth-order valence-electron chi connectivity index (χ4n) is 2.63. The number of hydrogen-bond acceptors (Lipinski definition) is 2. The monoisotopic (exact) mass is 343 g/mol. The first-order chi connectivity index (χ1) is 9.72. The van der Waals surface area contributed by atoms with E-state index < -0.39 is 0 Å². The minimum atomic E-state index is -0.273. The average molecular weight is 344 g/mol. The second kappa shape index (κ2) is 5.63. The van der Waals surface area contributed by atoms with Gasteiger partial charge in [0, 0.05) is 9.37 Å². The molecule has 0 heterocycles. The minimum Gasteiger partial charge on any atom is -0.197 e. The van der Waals surface area contributed by atoms with Gasteiger partial charge in [0.2, 0.25) is 0 Å². The van der Waals surface area contributed by atoms with Crippen molar-refractivity contribution in [2.24, 2.45) is 0 Å². The number of nitriles is 1. The van der Waals surface area contributed by atoms with Gasteiger partial charge < -0.3 is 0 Å². The van der Waals surface area contributed by atoms with Crippen LogP contribution in [0.15, 0.2) is 64.0 Å². The Labute approximate surface area is 132 Å². The van der Waals surface area contributed by atoms with E-state index in [2.05, 4.69) is 52.3 Å². The zero-order valence-corrected chi connectivity index (χ0v) is 13.3. The van der Waals surface area contributed by atoms with Crippen molar-refractivity contribution in [1.82, 2.24) is 0 Å². The van der Waals surface area contributed by atoms with Crippen molar-refractivity contribution >= 4 is 27.7 Å². The van der Waals surface area contributed by atoms with Crippen molar-refractivity contribution in [3.05, 3.63) is 64.6 Å². The third kappa shape index (κ3) is 2.63. The summed E-state index contributed by atoms with van der Waals surface area (Å²) in [5, 5.41) is 9.57. The van der Waals surface area contributed by atoms with Crippen molar-refractivity contribution in [3.8, 4) is 6.07 Å². The summed E-state index contributed by atoms with van der Waals surface area (Å²) >= 11 is 5.26. The normalized spacial score (nSPS) is 24.7. The zero-order chi connectivity index (χ0) is 14.0. The second-order valence-corrected chi connectivity index (χ2v) is 7.43. The summed E-state index contributed by atoms with van der Waals surface area (Å²) in [4.78, 5) is 1.15. The Bertz CT molecular complexity index is 642. The van der Waals surface area contributed by atoms with Crippen LogP contribution in [0.2, 0.25) is 0 Å². The molecule has 0 aromatic heterocycles. The van der Waals surface area contributed by atoms with Gasteiger partial charge in [0.05, 0.1) is 6.07 Å². The number of thioether (sulfide) groups is 1. The highest BCUT2D eigenvalue weighted by molar-refractivity contribution is 9.10. The van der Waals surface area contributed by atoms with Crippen molar-refractivity contribution in [3.63, 3.8) is 0 Å². The van der Waals surface area contributed by atoms with Crippen molar-refractivity contribution in [1.29, 1.82) is 5.26 Å². The number of benzene rings is 2. The standard InChI is InChI=1S/C17H14BrNS/c18-15-8-4-5-9-16(15)20-17(12-19)10-14(11-17)13-6-2-1-3-7-13/h1-9,14H,10-11H2. The SMILES string of the molecule is N#CC1(Sc2ccccc2Br)CC(c2ccccc2)C1. The molecule has 1 aliphatic carbocycles. The van der Waals surface area contributed by atoms with E-state index in [0.29, 0.717) is 5.92 Å². The van der Waals surface area contributed by atoms with Crippen LogP contribution in [0.5, 0.6) is 0 Å². The van der Waals surface area contributed by atoms with Crippen LogP contribution in [0, 0.1) is 11.3 Å². The molecule has 0 saturated heterocycles. The minimum absolute atomic E-state index is 0.273. The first kappa shape index (κ1) is 13.7. The molecular weight excluding hydrogens is 330 g/mol. The van der Waals surface area contributed by atoms with Crippen LogP contribution in [-0.2, 0) is 0 Å². The molecule has 1 fully saturated rings. The lowest BCUT2D eigenvalue weighted by atomic mass is 9.71. The lowest BCUT2D eigenvalue weighted by Crippen LogP contribution is -2.38. The number of nitrogens with zero attached hydrogens (tertiary/aromatic N) is 1.